The Morgan fingerprint density at radius 3 is 2.03 bits per heavy atom. The fraction of sp³-hybridized carbons (Fsp3) is 0.174. The van der Waals surface area contributed by atoms with Crippen molar-refractivity contribution in [3.05, 3.63) is 84.4 Å². The number of aryl methyl sites for hydroxylation is 1. The largest absolute Gasteiger partial charge is 0.457 e. The lowest BCUT2D eigenvalue weighted by Gasteiger charge is -2.28. The van der Waals surface area contributed by atoms with E-state index in [1.165, 1.54) is 0 Å². The van der Waals surface area contributed by atoms with Gasteiger partial charge in [0.1, 0.15) is 17.5 Å². The van der Waals surface area contributed by atoms with Gasteiger partial charge < -0.3 is 10.1 Å². The molecule has 0 radical (unpaired) electrons. The summed E-state index contributed by atoms with van der Waals surface area (Å²) in [5.41, 5.74) is 1.99. The van der Waals surface area contributed by atoms with Crippen molar-refractivity contribution in [2.45, 2.75) is 19.9 Å². The van der Waals surface area contributed by atoms with Crippen LogP contribution in [0, 0.1) is 6.92 Å². The number of amides is 1. The Morgan fingerprint density at radius 2 is 1.47 bits per heavy atom. The first-order chi connectivity index (χ1) is 14.2. The third kappa shape index (κ3) is 5.39. The number of hydrogen-bond donors (Lipinski definition) is 1. The Kier molecular flexibility index (Phi) is 6.42. The molecule has 0 spiro atoms. The van der Waals surface area contributed by atoms with E-state index in [4.69, 9.17) is 4.74 Å². The molecule has 1 amide bonds. The summed E-state index contributed by atoms with van der Waals surface area (Å²) >= 11 is 0. The highest BCUT2D eigenvalue weighted by atomic mass is 32.2. The molecule has 0 aliphatic heterocycles. The smallest absolute Gasteiger partial charge is 0.247 e. The van der Waals surface area contributed by atoms with Crippen LogP contribution in [0.3, 0.4) is 0 Å². The number of benzene rings is 3. The topological polar surface area (TPSA) is 75.7 Å². The van der Waals surface area contributed by atoms with Crippen LogP contribution in [0.2, 0.25) is 0 Å². The first-order valence-electron chi connectivity index (χ1n) is 9.44. The molecular formula is C23H24N2O4S. The van der Waals surface area contributed by atoms with Crippen molar-refractivity contribution in [1.29, 1.82) is 0 Å². The lowest BCUT2D eigenvalue weighted by atomic mass is 10.2. The van der Waals surface area contributed by atoms with Crippen LogP contribution in [-0.4, -0.2) is 26.6 Å². The van der Waals surface area contributed by atoms with Gasteiger partial charge in [0.15, 0.2) is 0 Å². The van der Waals surface area contributed by atoms with Gasteiger partial charge in [-0.3, -0.25) is 9.10 Å². The third-order valence-electron chi connectivity index (χ3n) is 4.48. The second kappa shape index (κ2) is 9.00. The van der Waals surface area contributed by atoms with Gasteiger partial charge in [-0.1, -0.05) is 35.9 Å². The van der Waals surface area contributed by atoms with Gasteiger partial charge in [0, 0.05) is 5.69 Å². The molecule has 6 nitrogen and oxygen atoms in total. The molecule has 0 aliphatic carbocycles. The standard InChI is InChI=1S/C23H24N2O4S/c1-17-9-13-20(14-10-17)25(30(3,27)28)18(2)23(26)24-19-11-15-22(16-12-19)29-21-7-5-4-6-8-21/h4-16,18H,1-3H3,(H,24,26). The average Bonchev–Trinajstić information content (AvgIpc) is 2.71. The van der Waals surface area contributed by atoms with Crippen LogP contribution >= 0.6 is 0 Å². The zero-order valence-corrected chi connectivity index (χ0v) is 17.9. The summed E-state index contributed by atoms with van der Waals surface area (Å²) in [4.78, 5) is 12.8. The summed E-state index contributed by atoms with van der Waals surface area (Å²) in [5, 5.41) is 2.77. The lowest BCUT2D eigenvalue weighted by Crippen LogP contribution is -2.45. The maximum atomic E-state index is 12.8. The molecule has 1 N–H and O–H groups in total. The van der Waals surface area contributed by atoms with Gasteiger partial charge in [0.25, 0.3) is 0 Å². The molecule has 3 aromatic rings. The fourth-order valence-corrected chi connectivity index (χ4v) is 4.15. The first kappa shape index (κ1) is 21.4. The van der Waals surface area contributed by atoms with Crippen LogP contribution in [-0.2, 0) is 14.8 Å². The minimum absolute atomic E-state index is 0.433. The van der Waals surface area contributed by atoms with Crippen LogP contribution in [0.5, 0.6) is 11.5 Å². The number of carbonyl (C=O) groups excluding carboxylic acids is 1. The van der Waals surface area contributed by atoms with Crippen LogP contribution in [0.1, 0.15) is 12.5 Å². The predicted molar refractivity (Wildman–Crippen MR) is 120 cm³/mol. The number of carbonyl (C=O) groups is 1. The van der Waals surface area contributed by atoms with Gasteiger partial charge in [-0.05, 0) is 62.4 Å². The number of ether oxygens (including phenoxy) is 1. The monoisotopic (exact) mass is 424 g/mol. The van der Waals surface area contributed by atoms with Crippen LogP contribution in [0.25, 0.3) is 0 Å². The van der Waals surface area contributed by atoms with Crippen molar-refractivity contribution in [2.24, 2.45) is 0 Å². The summed E-state index contributed by atoms with van der Waals surface area (Å²) in [5.74, 6) is 0.909. The number of sulfonamides is 1. The highest BCUT2D eigenvalue weighted by Crippen LogP contribution is 2.24. The van der Waals surface area contributed by atoms with E-state index in [9.17, 15) is 13.2 Å². The summed E-state index contributed by atoms with van der Waals surface area (Å²) in [6, 6.07) is 22.3. The molecule has 0 saturated carbocycles. The van der Waals surface area contributed by atoms with Crippen molar-refractivity contribution in [3.63, 3.8) is 0 Å². The first-order valence-corrected chi connectivity index (χ1v) is 11.3. The number of anilines is 2. The molecule has 1 unspecified atom stereocenters. The average molecular weight is 425 g/mol. The van der Waals surface area contributed by atoms with Crippen LogP contribution in [0.4, 0.5) is 11.4 Å². The summed E-state index contributed by atoms with van der Waals surface area (Å²) in [7, 11) is -3.66. The Labute approximate surface area is 177 Å². The highest BCUT2D eigenvalue weighted by Gasteiger charge is 2.29. The van der Waals surface area contributed by atoms with E-state index in [1.807, 2.05) is 49.4 Å². The maximum Gasteiger partial charge on any atom is 0.247 e. The summed E-state index contributed by atoms with van der Waals surface area (Å²) in [6.45, 7) is 3.47. The molecule has 7 heteroatoms. The van der Waals surface area contributed by atoms with Gasteiger partial charge >= 0.3 is 0 Å². The third-order valence-corrected chi connectivity index (χ3v) is 5.72. The Morgan fingerprint density at radius 1 is 0.900 bits per heavy atom. The van der Waals surface area contributed by atoms with Crippen molar-refractivity contribution >= 4 is 27.3 Å². The molecule has 1 atom stereocenters. The molecule has 3 rings (SSSR count). The zero-order valence-electron chi connectivity index (χ0n) is 17.1. The van der Waals surface area contributed by atoms with E-state index in [2.05, 4.69) is 5.32 Å². The SMILES string of the molecule is Cc1ccc(N(C(C)C(=O)Nc2ccc(Oc3ccccc3)cc2)S(C)(=O)=O)cc1. The summed E-state index contributed by atoms with van der Waals surface area (Å²) < 4.78 is 31.6. The van der Waals surface area contributed by atoms with Gasteiger partial charge in [0.2, 0.25) is 15.9 Å². The van der Waals surface area contributed by atoms with Crippen LogP contribution < -0.4 is 14.4 Å². The minimum atomic E-state index is -3.66. The van der Waals surface area contributed by atoms with Crippen molar-refractivity contribution < 1.29 is 17.9 Å². The van der Waals surface area contributed by atoms with E-state index >= 15 is 0 Å². The van der Waals surface area contributed by atoms with Gasteiger partial charge in [0.05, 0.1) is 11.9 Å². The van der Waals surface area contributed by atoms with E-state index in [0.717, 1.165) is 16.1 Å². The van der Waals surface area contributed by atoms with Crippen molar-refractivity contribution in [3.8, 4) is 11.5 Å². The van der Waals surface area contributed by atoms with Gasteiger partial charge in [-0.15, -0.1) is 0 Å². The van der Waals surface area contributed by atoms with Gasteiger partial charge in [-0.2, -0.15) is 0 Å². The lowest BCUT2D eigenvalue weighted by molar-refractivity contribution is -0.116. The second-order valence-corrected chi connectivity index (χ2v) is 8.86. The molecule has 0 heterocycles. The minimum Gasteiger partial charge on any atom is -0.457 e. The normalized spacial score (nSPS) is 12.1. The number of hydrogen-bond acceptors (Lipinski definition) is 4. The number of rotatable bonds is 7. The van der Waals surface area contributed by atoms with E-state index in [0.29, 0.717) is 22.9 Å². The predicted octanol–water partition coefficient (Wildman–Crippen LogP) is 4.58. The molecule has 156 valence electrons. The number of nitrogens with one attached hydrogen (secondary N) is 1. The van der Waals surface area contributed by atoms with E-state index in [1.54, 1.807) is 43.3 Å². The molecule has 30 heavy (non-hydrogen) atoms. The number of nitrogens with zero attached hydrogens (tertiary/aromatic N) is 1. The second-order valence-electron chi connectivity index (χ2n) is 7.00. The Balaban J connectivity index is 1.72. The zero-order chi connectivity index (χ0) is 21.7. The number of para-hydroxylation sites is 1. The molecule has 0 aliphatic rings. The summed E-state index contributed by atoms with van der Waals surface area (Å²) in [6.07, 6.45) is 1.09. The molecule has 3 aromatic carbocycles. The van der Waals surface area contributed by atoms with E-state index in [-0.39, 0.29) is 0 Å². The fourth-order valence-electron chi connectivity index (χ4n) is 2.98. The molecule has 0 fully saturated rings. The quantitative estimate of drug-likeness (QED) is 0.602. The molecule has 0 saturated heterocycles. The Hall–Kier alpha value is -3.32. The van der Waals surface area contributed by atoms with E-state index < -0.39 is 22.0 Å². The molecule has 0 aromatic heterocycles. The van der Waals surface area contributed by atoms with Crippen LogP contribution in [0.15, 0.2) is 78.9 Å². The van der Waals surface area contributed by atoms with Crippen molar-refractivity contribution in [2.75, 3.05) is 15.9 Å². The Bertz CT molecular complexity index is 1100. The van der Waals surface area contributed by atoms with Crippen molar-refractivity contribution in [1.82, 2.24) is 0 Å². The van der Waals surface area contributed by atoms with Gasteiger partial charge in [-0.25, -0.2) is 8.42 Å². The molecule has 0 bridgehead atoms. The molecular weight excluding hydrogens is 400 g/mol. The highest BCUT2D eigenvalue weighted by molar-refractivity contribution is 7.92. The maximum absolute atomic E-state index is 12.8.